The fourth-order valence-corrected chi connectivity index (χ4v) is 1.15. The summed E-state index contributed by atoms with van der Waals surface area (Å²) in [6, 6.07) is 6.14. The molecule has 1 heteroatoms. The lowest BCUT2D eigenvalue weighted by Gasteiger charge is -2.06. The largest absolute Gasteiger partial charge is 0.481 e. The fourth-order valence-electron chi connectivity index (χ4n) is 1.15. The molecule has 0 bridgehead atoms. The van der Waals surface area contributed by atoms with E-state index in [-0.39, 0.29) is 0 Å². The van der Waals surface area contributed by atoms with Crippen molar-refractivity contribution in [3.05, 3.63) is 29.3 Å². The monoisotopic (exact) mass is 174 g/mol. The van der Waals surface area contributed by atoms with Gasteiger partial charge in [0.25, 0.3) is 0 Å². The molecule has 0 amide bonds. The summed E-state index contributed by atoms with van der Waals surface area (Å²) in [5, 5.41) is 0. The van der Waals surface area contributed by atoms with Crippen molar-refractivity contribution in [3.63, 3.8) is 0 Å². The van der Waals surface area contributed by atoms with Gasteiger partial charge >= 0.3 is 0 Å². The van der Waals surface area contributed by atoms with Crippen molar-refractivity contribution in [2.75, 3.05) is 6.61 Å². The summed E-state index contributed by atoms with van der Waals surface area (Å²) in [5.74, 6) is 6.58. The summed E-state index contributed by atoms with van der Waals surface area (Å²) in [6.45, 7) is 6.40. The molecule has 0 spiro atoms. The number of hydrogen-bond donors (Lipinski definition) is 0. The van der Waals surface area contributed by atoms with Crippen LogP contribution in [0.1, 0.15) is 18.1 Å². The summed E-state index contributed by atoms with van der Waals surface area (Å²) in [7, 11) is 0. The van der Waals surface area contributed by atoms with E-state index in [1.165, 1.54) is 5.56 Å². The normalized spacial score (nSPS) is 8.85. The van der Waals surface area contributed by atoms with Gasteiger partial charge in [-0.2, -0.15) is 0 Å². The molecule has 1 aromatic carbocycles. The topological polar surface area (TPSA) is 9.23 Å². The molecule has 0 aliphatic carbocycles. The van der Waals surface area contributed by atoms with Gasteiger partial charge in [-0.1, -0.05) is 23.6 Å². The summed E-state index contributed by atoms with van der Waals surface area (Å²) < 4.78 is 5.46. The smallest absolute Gasteiger partial charge is 0.149 e. The van der Waals surface area contributed by atoms with Crippen molar-refractivity contribution < 1.29 is 4.74 Å². The Morgan fingerprint density at radius 3 is 2.69 bits per heavy atom. The van der Waals surface area contributed by atoms with Crippen LogP contribution in [0.25, 0.3) is 0 Å². The third kappa shape index (κ3) is 2.83. The Balaban J connectivity index is 2.70. The second kappa shape index (κ2) is 4.57. The minimum atomic E-state index is 0.473. The average Bonchev–Trinajstić information content (AvgIpc) is 2.09. The Bertz CT molecular complexity index is 342. The molecule has 1 nitrogen and oxygen atoms in total. The van der Waals surface area contributed by atoms with Gasteiger partial charge in [-0.25, -0.2) is 0 Å². The third-order valence-corrected chi connectivity index (χ3v) is 1.81. The van der Waals surface area contributed by atoms with E-state index in [4.69, 9.17) is 4.74 Å². The molecule has 0 aliphatic heterocycles. The lowest BCUT2D eigenvalue weighted by Crippen LogP contribution is -1.95. The number of ether oxygens (including phenoxy) is 1. The Kier molecular flexibility index (Phi) is 3.40. The maximum Gasteiger partial charge on any atom is 0.149 e. The molecule has 1 rings (SSSR count). The van der Waals surface area contributed by atoms with Crippen LogP contribution in [-0.4, -0.2) is 6.61 Å². The van der Waals surface area contributed by atoms with Crippen molar-refractivity contribution >= 4 is 0 Å². The van der Waals surface area contributed by atoms with Crippen LogP contribution in [0.2, 0.25) is 0 Å². The minimum Gasteiger partial charge on any atom is -0.481 e. The van der Waals surface area contributed by atoms with Gasteiger partial charge in [-0.05, 0) is 32.4 Å². The number of aryl methyl sites for hydroxylation is 2. The highest BCUT2D eigenvalue weighted by Gasteiger charge is 1.97. The maximum absolute atomic E-state index is 5.46. The van der Waals surface area contributed by atoms with Crippen molar-refractivity contribution in [1.29, 1.82) is 0 Å². The van der Waals surface area contributed by atoms with Crippen LogP contribution in [0.15, 0.2) is 18.2 Å². The van der Waals surface area contributed by atoms with E-state index in [9.17, 15) is 0 Å². The van der Waals surface area contributed by atoms with Gasteiger partial charge in [-0.15, -0.1) is 5.92 Å². The lowest BCUT2D eigenvalue weighted by molar-refractivity contribution is 0.367. The van der Waals surface area contributed by atoms with Gasteiger partial charge in [0.05, 0.1) is 0 Å². The first-order valence-electron chi connectivity index (χ1n) is 4.33. The molecule has 0 aromatic heterocycles. The van der Waals surface area contributed by atoms with Gasteiger partial charge < -0.3 is 4.74 Å². The molecule has 0 saturated carbocycles. The number of hydrogen-bond acceptors (Lipinski definition) is 1. The first-order valence-corrected chi connectivity index (χ1v) is 4.33. The van der Waals surface area contributed by atoms with Crippen molar-refractivity contribution in [1.82, 2.24) is 0 Å². The van der Waals surface area contributed by atoms with E-state index >= 15 is 0 Å². The van der Waals surface area contributed by atoms with E-state index in [1.807, 2.05) is 26.0 Å². The molecule has 0 saturated heterocycles. The maximum atomic E-state index is 5.46. The molecule has 0 radical (unpaired) electrons. The molecule has 0 fully saturated rings. The molecule has 13 heavy (non-hydrogen) atoms. The SMILES string of the molecule is CC#CCOc1ccc(C)cc1C. The molecule has 0 heterocycles. The van der Waals surface area contributed by atoms with E-state index in [1.54, 1.807) is 0 Å². The quantitative estimate of drug-likeness (QED) is 0.626. The second-order valence-corrected chi connectivity index (χ2v) is 2.98. The molecular weight excluding hydrogens is 160 g/mol. The summed E-state index contributed by atoms with van der Waals surface area (Å²) in [6.07, 6.45) is 0. The van der Waals surface area contributed by atoms with Crippen LogP contribution < -0.4 is 4.74 Å². The zero-order chi connectivity index (χ0) is 9.68. The predicted octanol–water partition coefficient (Wildman–Crippen LogP) is 2.71. The highest BCUT2D eigenvalue weighted by molar-refractivity contribution is 5.35. The van der Waals surface area contributed by atoms with Crippen LogP contribution >= 0.6 is 0 Å². The molecule has 0 aliphatic rings. The summed E-state index contributed by atoms with van der Waals surface area (Å²) in [5.41, 5.74) is 2.42. The first kappa shape index (κ1) is 9.67. The van der Waals surface area contributed by atoms with Crippen molar-refractivity contribution in [2.24, 2.45) is 0 Å². The van der Waals surface area contributed by atoms with Crippen LogP contribution in [-0.2, 0) is 0 Å². The summed E-state index contributed by atoms with van der Waals surface area (Å²) in [4.78, 5) is 0. The van der Waals surface area contributed by atoms with Crippen LogP contribution in [0.3, 0.4) is 0 Å². The second-order valence-electron chi connectivity index (χ2n) is 2.98. The van der Waals surface area contributed by atoms with Gasteiger partial charge in [0.15, 0.2) is 0 Å². The van der Waals surface area contributed by atoms with Gasteiger partial charge in [0, 0.05) is 0 Å². The predicted molar refractivity (Wildman–Crippen MR) is 54.9 cm³/mol. The fraction of sp³-hybridized carbons (Fsp3) is 0.333. The van der Waals surface area contributed by atoms with Crippen LogP contribution in [0, 0.1) is 25.7 Å². The van der Waals surface area contributed by atoms with Crippen LogP contribution in [0.4, 0.5) is 0 Å². The van der Waals surface area contributed by atoms with Gasteiger partial charge in [0.1, 0.15) is 12.4 Å². The minimum absolute atomic E-state index is 0.473. The highest BCUT2D eigenvalue weighted by atomic mass is 16.5. The third-order valence-electron chi connectivity index (χ3n) is 1.81. The Hall–Kier alpha value is -1.42. The Morgan fingerprint density at radius 2 is 2.08 bits per heavy atom. The Morgan fingerprint density at radius 1 is 1.31 bits per heavy atom. The molecule has 0 unspecified atom stereocenters. The zero-order valence-corrected chi connectivity index (χ0v) is 8.35. The molecule has 1 aromatic rings. The van der Waals surface area contributed by atoms with Crippen molar-refractivity contribution in [3.8, 4) is 17.6 Å². The van der Waals surface area contributed by atoms with E-state index in [2.05, 4.69) is 24.8 Å². The number of rotatable bonds is 2. The lowest BCUT2D eigenvalue weighted by atomic mass is 10.1. The number of benzene rings is 1. The first-order chi connectivity index (χ1) is 6.24. The summed E-state index contributed by atoms with van der Waals surface area (Å²) >= 11 is 0. The van der Waals surface area contributed by atoms with E-state index in [0.29, 0.717) is 6.61 Å². The van der Waals surface area contributed by atoms with E-state index < -0.39 is 0 Å². The standard InChI is InChI=1S/C12H14O/c1-4-5-8-13-12-7-6-10(2)9-11(12)3/h6-7,9H,8H2,1-3H3. The zero-order valence-electron chi connectivity index (χ0n) is 8.35. The molecule has 68 valence electrons. The Labute approximate surface area is 79.7 Å². The molecule has 0 N–H and O–H groups in total. The highest BCUT2D eigenvalue weighted by Crippen LogP contribution is 2.18. The average molecular weight is 174 g/mol. The molecule has 0 atom stereocenters. The van der Waals surface area contributed by atoms with E-state index in [0.717, 1.165) is 11.3 Å². The van der Waals surface area contributed by atoms with Crippen LogP contribution in [0.5, 0.6) is 5.75 Å². The van der Waals surface area contributed by atoms with Crippen molar-refractivity contribution in [2.45, 2.75) is 20.8 Å². The molecular formula is C12H14O. The van der Waals surface area contributed by atoms with Gasteiger partial charge in [0.2, 0.25) is 0 Å². The van der Waals surface area contributed by atoms with Gasteiger partial charge in [-0.3, -0.25) is 0 Å².